The summed E-state index contributed by atoms with van der Waals surface area (Å²) in [6.45, 7) is 2.03. The minimum Gasteiger partial charge on any atom is -0.368 e. The number of nitrogens with zero attached hydrogens (tertiary/aromatic N) is 6. The van der Waals surface area contributed by atoms with E-state index < -0.39 is 16.2 Å². The molecule has 0 N–H and O–H groups in total. The van der Waals surface area contributed by atoms with E-state index in [1.807, 2.05) is 0 Å². The number of non-ortho nitro benzene ring substituents is 1. The van der Waals surface area contributed by atoms with Crippen LogP contribution in [0.4, 0.5) is 11.4 Å². The van der Waals surface area contributed by atoms with E-state index in [1.165, 1.54) is 42.9 Å². The highest BCUT2D eigenvalue weighted by molar-refractivity contribution is 5.94. The maximum atomic E-state index is 13.0. The van der Waals surface area contributed by atoms with Crippen LogP contribution >= 0.6 is 0 Å². The molecule has 0 radical (unpaired) electrons. The molecule has 0 bridgehead atoms. The molecule has 2 aromatic heterocycles. The maximum Gasteiger partial charge on any atom is 0.332 e. The number of piperazine rings is 1. The van der Waals surface area contributed by atoms with Crippen LogP contribution in [0, 0.1) is 10.1 Å². The number of aromatic nitrogens is 3. The fraction of sp³-hybridized carbons (Fsp3) is 0.300. The average Bonchev–Trinajstić information content (AvgIpc) is 2.80. The van der Waals surface area contributed by atoms with Crippen LogP contribution in [0.25, 0.3) is 11.0 Å². The summed E-state index contributed by atoms with van der Waals surface area (Å²) in [5.41, 5.74) is 0.257. The van der Waals surface area contributed by atoms with Gasteiger partial charge in [-0.1, -0.05) is 0 Å². The molecular weight excluding hydrogens is 404 g/mol. The highest BCUT2D eigenvalue weighted by atomic mass is 16.6. The van der Waals surface area contributed by atoms with Crippen molar-refractivity contribution < 1.29 is 9.72 Å². The minimum absolute atomic E-state index is 0.0316. The lowest BCUT2D eigenvalue weighted by Crippen LogP contribution is -2.49. The number of amides is 1. The molecule has 1 fully saturated rings. The Hall–Kier alpha value is -4.02. The van der Waals surface area contributed by atoms with Crippen molar-refractivity contribution in [3.8, 4) is 0 Å². The molecule has 0 spiro atoms. The van der Waals surface area contributed by atoms with Gasteiger partial charge >= 0.3 is 5.69 Å². The van der Waals surface area contributed by atoms with E-state index in [1.54, 1.807) is 17.0 Å². The maximum absolute atomic E-state index is 13.0. The molecule has 3 heterocycles. The van der Waals surface area contributed by atoms with Crippen LogP contribution in [-0.4, -0.2) is 56.0 Å². The van der Waals surface area contributed by atoms with Crippen molar-refractivity contribution in [2.45, 2.75) is 0 Å². The van der Waals surface area contributed by atoms with Gasteiger partial charge in [-0.15, -0.1) is 0 Å². The van der Waals surface area contributed by atoms with Crippen molar-refractivity contribution in [2.75, 3.05) is 31.1 Å². The highest BCUT2D eigenvalue weighted by Gasteiger charge is 2.24. The molecule has 3 aromatic rings. The van der Waals surface area contributed by atoms with Crippen molar-refractivity contribution in [3.63, 3.8) is 0 Å². The molecule has 11 nitrogen and oxygen atoms in total. The first-order valence-electron chi connectivity index (χ1n) is 9.63. The second-order valence-corrected chi connectivity index (χ2v) is 7.33. The zero-order valence-corrected chi connectivity index (χ0v) is 17.0. The number of hydrogen-bond donors (Lipinski definition) is 0. The number of rotatable bonds is 3. The second-order valence-electron chi connectivity index (χ2n) is 7.33. The summed E-state index contributed by atoms with van der Waals surface area (Å²) in [7, 11) is 2.90. The molecule has 31 heavy (non-hydrogen) atoms. The topological polar surface area (TPSA) is 124 Å². The standard InChI is InChI=1S/C20H20N6O5/c1-22-17-15(18(27)23(2)20(22)29)7-8-16(21-17)19(28)25-11-9-24(10-12-25)13-3-5-14(6-4-13)26(30)31/h3-8H,9-12H2,1-2H3. The fourth-order valence-electron chi connectivity index (χ4n) is 3.69. The van der Waals surface area contributed by atoms with Crippen LogP contribution in [0.5, 0.6) is 0 Å². The summed E-state index contributed by atoms with van der Waals surface area (Å²) < 4.78 is 2.25. The van der Waals surface area contributed by atoms with Gasteiger partial charge in [0.1, 0.15) is 11.3 Å². The number of fused-ring (bicyclic) bond motifs is 1. The van der Waals surface area contributed by atoms with Gasteiger partial charge in [0.05, 0.1) is 10.3 Å². The van der Waals surface area contributed by atoms with Crippen LogP contribution in [0.2, 0.25) is 0 Å². The molecular formula is C20H20N6O5. The van der Waals surface area contributed by atoms with Gasteiger partial charge in [-0.3, -0.25) is 28.8 Å². The number of carbonyl (C=O) groups is 1. The van der Waals surface area contributed by atoms with Gasteiger partial charge in [0.25, 0.3) is 17.2 Å². The molecule has 4 rings (SSSR count). The molecule has 11 heteroatoms. The zero-order chi connectivity index (χ0) is 22.3. The van der Waals surface area contributed by atoms with Gasteiger partial charge < -0.3 is 9.80 Å². The minimum atomic E-state index is -0.508. The second kappa shape index (κ2) is 7.67. The van der Waals surface area contributed by atoms with Crippen LogP contribution in [0.1, 0.15) is 10.5 Å². The lowest BCUT2D eigenvalue weighted by molar-refractivity contribution is -0.384. The van der Waals surface area contributed by atoms with Gasteiger partial charge in [-0.05, 0) is 24.3 Å². The molecule has 1 amide bonds. The molecule has 0 saturated carbocycles. The monoisotopic (exact) mass is 424 g/mol. The Kier molecular flexibility index (Phi) is 5.01. The molecule has 0 aliphatic carbocycles. The zero-order valence-electron chi connectivity index (χ0n) is 17.0. The first kappa shape index (κ1) is 20.3. The third kappa shape index (κ3) is 3.54. The average molecular weight is 424 g/mol. The smallest absolute Gasteiger partial charge is 0.332 e. The Bertz CT molecular complexity index is 1300. The lowest BCUT2D eigenvalue weighted by atomic mass is 10.2. The van der Waals surface area contributed by atoms with Crippen LogP contribution in [0.3, 0.4) is 0 Å². The van der Waals surface area contributed by atoms with E-state index in [2.05, 4.69) is 9.88 Å². The lowest BCUT2D eigenvalue weighted by Gasteiger charge is -2.36. The van der Waals surface area contributed by atoms with Crippen LogP contribution in [0.15, 0.2) is 46.0 Å². The first-order chi connectivity index (χ1) is 14.8. The summed E-state index contributed by atoms with van der Waals surface area (Å²) in [5.74, 6) is -0.279. The van der Waals surface area contributed by atoms with E-state index in [9.17, 15) is 24.5 Å². The number of nitro benzene ring substituents is 1. The van der Waals surface area contributed by atoms with Crippen LogP contribution in [-0.2, 0) is 14.1 Å². The number of benzene rings is 1. The molecule has 1 aliphatic rings. The number of carbonyl (C=O) groups excluding carboxylic acids is 1. The SMILES string of the molecule is Cn1c(=O)c2ccc(C(=O)N3CCN(c4ccc([N+](=O)[O-])cc4)CC3)nc2n(C)c1=O. The molecule has 1 aliphatic heterocycles. The van der Waals surface area contributed by atoms with Crippen molar-refractivity contribution in [2.24, 2.45) is 14.1 Å². The summed E-state index contributed by atoms with van der Waals surface area (Å²) in [4.78, 5) is 55.8. The van der Waals surface area contributed by atoms with Crippen molar-refractivity contribution >= 4 is 28.3 Å². The quantitative estimate of drug-likeness (QED) is 0.443. The predicted molar refractivity (Wildman–Crippen MR) is 113 cm³/mol. The van der Waals surface area contributed by atoms with E-state index in [-0.39, 0.29) is 28.3 Å². The number of aryl methyl sites for hydroxylation is 1. The summed E-state index contributed by atoms with van der Waals surface area (Å²) in [5, 5.41) is 11.1. The van der Waals surface area contributed by atoms with Crippen molar-refractivity contribution in [3.05, 3.63) is 73.0 Å². The van der Waals surface area contributed by atoms with Crippen molar-refractivity contribution in [1.29, 1.82) is 0 Å². The third-order valence-corrected chi connectivity index (χ3v) is 5.51. The van der Waals surface area contributed by atoms with Gasteiger partial charge in [0.2, 0.25) is 0 Å². The Morgan fingerprint density at radius 2 is 1.61 bits per heavy atom. The van der Waals surface area contributed by atoms with Gasteiger partial charge in [0.15, 0.2) is 0 Å². The number of nitro groups is 1. The molecule has 0 unspecified atom stereocenters. The predicted octanol–water partition coefficient (Wildman–Crippen LogP) is 0.503. The first-order valence-corrected chi connectivity index (χ1v) is 9.63. The molecule has 160 valence electrons. The molecule has 1 saturated heterocycles. The number of hydrogen-bond acceptors (Lipinski definition) is 7. The largest absolute Gasteiger partial charge is 0.368 e. The Morgan fingerprint density at radius 3 is 2.23 bits per heavy atom. The van der Waals surface area contributed by atoms with E-state index in [0.29, 0.717) is 26.2 Å². The fourth-order valence-corrected chi connectivity index (χ4v) is 3.69. The highest BCUT2D eigenvalue weighted by Crippen LogP contribution is 2.21. The number of anilines is 1. The Balaban J connectivity index is 1.52. The number of pyridine rings is 1. The van der Waals surface area contributed by atoms with Crippen molar-refractivity contribution in [1.82, 2.24) is 19.0 Å². The summed E-state index contributed by atoms with van der Waals surface area (Å²) in [6.07, 6.45) is 0. The normalized spacial score (nSPS) is 14.1. The van der Waals surface area contributed by atoms with E-state index >= 15 is 0 Å². The van der Waals surface area contributed by atoms with E-state index in [0.717, 1.165) is 10.3 Å². The summed E-state index contributed by atoms with van der Waals surface area (Å²) >= 11 is 0. The third-order valence-electron chi connectivity index (χ3n) is 5.51. The van der Waals surface area contributed by atoms with Gasteiger partial charge in [0, 0.05) is 58.1 Å². The Morgan fingerprint density at radius 1 is 0.968 bits per heavy atom. The van der Waals surface area contributed by atoms with Gasteiger partial charge in [-0.2, -0.15) is 0 Å². The summed E-state index contributed by atoms with van der Waals surface area (Å²) in [6, 6.07) is 9.33. The van der Waals surface area contributed by atoms with E-state index in [4.69, 9.17) is 0 Å². The van der Waals surface area contributed by atoms with Gasteiger partial charge in [-0.25, -0.2) is 9.78 Å². The Labute approximate surface area is 175 Å². The molecule has 0 atom stereocenters. The molecule has 1 aromatic carbocycles. The van der Waals surface area contributed by atoms with Crippen LogP contribution < -0.4 is 16.1 Å².